The summed E-state index contributed by atoms with van der Waals surface area (Å²) in [4.78, 5) is 20.1. The van der Waals surface area contributed by atoms with Gasteiger partial charge in [-0.05, 0) is 30.5 Å². The average Bonchev–Trinajstić information content (AvgIpc) is 3.34. The van der Waals surface area contributed by atoms with Crippen LogP contribution in [-0.2, 0) is 19.2 Å². The molecule has 4 rings (SSSR count). The fraction of sp³-hybridized carbons (Fsp3) is 0.476. The molecule has 0 saturated heterocycles. The van der Waals surface area contributed by atoms with E-state index in [-0.39, 0.29) is 16.6 Å². The van der Waals surface area contributed by atoms with Crippen molar-refractivity contribution in [3.05, 3.63) is 57.3 Å². The summed E-state index contributed by atoms with van der Waals surface area (Å²) in [6.45, 7) is 1.34. The predicted molar refractivity (Wildman–Crippen MR) is 105 cm³/mol. The summed E-state index contributed by atoms with van der Waals surface area (Å²) in [5.41, 5.74) is 0.0422. The van der Waals surface area contributed by atoms with E-state index in [0.717, 1.165) is 25.0 Å². The fourth-order valence-corrected chi connectivity index (χ4v) is 4.22. The third kappa shape index (κ3) is 3.86. The van der Waals surface area contributed by atoms with Crippen molar-refractivity contribution in [2.45, 2.75) is 57.9 Å². The van der Waals surface area contributed by atoms with Gasteiger partial charge in [-0.2, -0.15) is 18.3 Å². The van der Waals surface area contributed by atoms with Gasteiger partial charge < -0.3 is 10.1 Å². The Balaban J connectivity index is 1.75. The minimum Gasteiger partial charge on any atom is -0.390 e. The van der Waals surface area contributed by atoms with Crippen molar-refractivity contribution in [3.63, 3.8) is 0 Å². The monoisotopic (exact) mass is 420 g/mol. The molecule has 160 valence electrons. The van der Waals surface area contributed by atoms with Gasteiger partial charge in [-0.1, -0.05) is 37.8 Å². The van der Waals surface area contributed by atoms with E-state index in [4.69, 9.17) is 0 Å². The van der Waals surface area contributed by atoms with E-state index in [1.807, 2.05) is 0 Å². The molecule has 1 unspecified atom stereocenters. The molecule has 6 nitrogen and oxygen atoms in total. The molecule has 0 radical (unpaired) electrons. The van der Waals surface area contributed by atoms with E-state index in [2.05, 4.69) is 15.1 Å². The van der Waals surface area contributed by atoms with E-state index < -0.39 is 24.4 Å². The smallest absolute Gasteiger partial charge is 0.390 e. The van der Waals surface area contributed by atoms with Crippen LogP contribution in [0.25, 0.3) is 11.0 Å². The first-order valence-electron chi connectivity index (χ1n) is 10.1. The van der Waals surface area contributed by atoms with Gasteiger partial charge in [0, 0.05) is 6.42 Å². The van der Waals surface area contributed by atoms with Gasteiger partial charge in [0.2, 0.25) is 0 Å². The number of aliphatic hydroxyl groups is 1. The van der Waals surface area contributed by atoms with Crippen molar-refractivity contribution in [3.8, 4) is 0 Å². The zero-order valence-corrected chi connectivity index (χ0v) is 16.5. The van der Waals surface area contributed by atoms with Crippen molar-refractivity contribution in [2.75, 3.05) is 0 Å². The van der Waals surface area contributed by atoms with Crippen LogP contribution in [-0.4, -0.2) is 24.9 Å². The van der Waals surface area contributed by atoms with Gasteiger partial charge in [-0.15, -0.1) is 0 Å². The molecule has 0 spiro atoms. The highest BCUT2D eigenvalue weighted by Gasteiger charge is 2.30. The van der Waals surface area contributed by atoms with E-state index in [0.29, 0.717) is 29.4 Å². The summed E-state index contributed by atoms with van der Waals surface area (Å²) < 4.78 is 40.1. The van der Waals surface area contributed by atoms with Crippen LogP contribution in [0.4, 0.5) is 13.2 Å². The van der Waals surface area contributed by atoms with Crippen LogP contribution in [0.5, 0.6) is 0 Å². The molecule has 0 bridgehead atoms. The number of rotatable bonds is 5. The molecule has 1 saturated carbocycles. The summed E-state index contributed by atoms with van der Waals surface area (Å²) >= 11 is 0. The zero-order chi connectivity index (χ0) is 21.5. The van der Waals surface area contributed by atoms with E-state index in [9.17, 15) is 23.1 Å². The SMILES string of the molecule is CC(c1ccc(C(F)(F)F)cc1)n1nc(CO)c2c(=O)[nH]c(CC3CCCC3)nc21. The highest BCUT2D eigenvalue weighted by molar-refractivity contribution is 5.77. The molecule has 2 aromatic heterocycles. The van der Waals surface area contributed by atoms with Gasteiger partial charge in [0.15, 0.2) is 5.65 Å². The maximum Gasteiger partial charge on any atom is 0.416 e. The predicted octanol–water partition coefficient (Wildman–Crippen LogP) is 3.97. The molecule has 0 aliphatic heterocycles. The molecule has 30 heavy (non-hydrogen) atoms. The molecule has 1 aliphatic carbocycles. The van der Waals surface area contributed by atoms with Gasteiger partial charge in [-0.25, -0.2) is 9.67 Å². The minimum absolute atomic E-state index is 0.199. The van der Waals surface area contributed by atoms with Crippen LogP contribution in [0.15, 0.2) is 29.1 Å². The number of benzene rings is 1. The fourth-order valence-electron chi connectivity index (χ4n) is 4.22. The highest BCUT2D eigenvalue weighted by atomic mass is 19.4. The second kappa shape index (κ2) is 7.86. The Kier molecular flexibility index (Phi) is 5.40. The minimum atomic E-state index is -4.41. The third-order valence-corrected chi connectivity index (χ3v) is 5.88. The van der Waals surface area contributed by atoms with Gasteiger partial charge in [0.1, 0.15) is 16.9 Å². The molecular formula is C21H23F3N4O2. The van der Waals surface area contributed by atoms with Crippen LogP contribution >= 0.6 is 0 Å². The molecule has 3 aromatic rings. The molecular weight excluding hydrogens is 397 g/mol. The topological polar surface area (TPSA) is 83.8 Å². The summed E-state index contributed by atoms with van der Waals surface area (Å²) in [7, 11) is 0. The van der Waals surface area contributed by atoms with E-state index in [1.165, 1.54) is 29.7 Å². The Hall–Kier alpha value is -2.68. The lowest BCUT2D eigenvalue weighted by Crippen LogP contribution is -2.16. The Morgan fingerprint density at radius 1 is 1.23 bits per heavy atom. The van der Waals surface area contributed by atoms with Gasteiger partial charge in [-0.3, -0.25) is 4.79 Å². The van der Waals surface area contributed by atoms with Crippen molar-refractivity contribution in [2.24, 2.45) is 5.92 Å². The molecule has 1 aromatic carbocycles. The van der Waals surface area contributed by atoms with Gasteiger partial charge >= 0.3 is 6.18 Å². The molecule has 2 N–H and O–H groups in total. The second-order valence-electron chi connectivity index (χ2n) is 7.91. The first-order valence-corrected chi connectivity index (χ1v) is 10.1. The van der Waals surface area contributed by atoms with Crippen molar-refractivity contribution in [1.29, 1.82) is 0 Å². The van der Waals surface area contributed by atoms with Crippen LogP contribution in [0.3, 0.4) is 0 Å². The van der Waals surface area contributed by atoms with Crippen molar-refractivity contribution in [1.82, 2.24) is 19.7 Å². The number of hydrogen-bond donors (Lipinski definition) is 2. The third-order valence-electron chi connectivity index (χ3n) is 5.88. The maximum absolute atomic E-state index is 12.9. The molecule has 0 amide bonds. The van der Waals surface area contributed by atoms with Crippen LogP contribution in [0, 0.1) is 5.92 Å². The lowest BCUT2D eigenvalue weighted by atomic mass is 10.0. The first kappa shape index (κ1) is 20.6. The Morgan fingerprint density at radius 2 is 1.90 bits per heavy atom. The maximum atomic E-state index is 12.9. The Labute approximate surface area is 170 Å². The number of aliphatic hydroxyl groups excluding tert-OH is 1. The number of alkyl halides is 3. The quantitative estimate of drug-likeness (QED) is 0.654. The van der Waals surface area contributed by atoms with Gasteiger partial charge in [0.25, 0.3) is 5.56 Å². The first-order chi connectivity index (χ1) is 14.3. The molecule has 1 aliphatic rings. The number of halogens is 3. The lowest BCUT2D eigenvalue weighted by Gasteiger charge is -2.15. The average molecular weight is 420 g/mol. The summed E-state index contributed by atoms with van der Waals surface area (Å²) in [6.07, 6.45) is 0.812. The van der Waals surface area contributed by atoms with E-state index in [1.54, 1.807) is 6.92 Å². The Morgan fingerprint density at radius 3 is 2.50 bits per heavy atom. The summed E-state index contributed by atoms with van der Waals surface area (Å²) in [6, 6.07) is 4.37. The Bertz CT molecular complexity index is 1100. The summed E-state index contributed by atoms with van der Waals surface area (Å²) in [5, 5.41) is 14.2. The number of aromatic nitrogens is 4. The van der Waals surface area contributed by atoms with Crippen LogP contribution < -0.4 is 5.56 Å². The largest absolute Gasteiger partial charge is 0.416 e. The van der Waals surface area contributed by atoms with Crippen LogP contribution in [0.2, 0.25) is 0 Å². The van der Waals surface area contributed by atoms with E-state index >= 15 is 0 Å². The number of nitrogens with one attached hydrogen (secondary N) is 1. The zero-order valence-electron chi connectivity index (χ0n) is 16.5. The lowest BCUT2D eigenvalue weighted by molar-refractivity contribution is -0.137. The standard InChI is InChI=1S/C21H23F3N4O2/c1-12(14-6-8-15(9-7-14)21(22,23)24)28-19-18(16(11-29)27-28)20(30)26-17(25-19)10-13-4-2-3-5-13/h6-9,12-13,29H,2-5,10-11H2,1H3,(H,25,26,30). The molecule has 1 fully saturated rings. The molecule has 9 heteroatoms. The second-order valence-corrected chi connectivity index (χ2v) is 7.91. The number of nitrogens with zero attached hydrogens (tertiary/aromatic N) is 3. The summed E-state index contributed by atoms with van der Waals surface area (Å²) in [5.74, 6) is 1.05. The highest BCUT2D eigenvalue weighted by Crippen LogP contribution is 2.31. The normalized spacial score (nSPS) is 16.4. The molecule has 2 heterocycles. The van der Waals surface area contributed by atoms with Crippen LogP contribution in [0.1, 0.15) is 61.3 Å². The number of aromatic amines is 1. The van der Waals surface area contributed by atoms with Gasteiger partial charge in [0.05, 0.1) is 18.2 Å². The molecule has 1 atom stereocenters. The van der Waals surface area contributed by atoms with Crippen molar-refractivity contribution < 1.29 is 18.3 Å². The van der Waals surface area contributed by atoms with Crippen molar-refractivity contribution >= 4 is 11.0 Å². The number of fused-ring (bicyclic) bond motifs is 1. The number of H-pyrrole nitrogens is 1. The number of hydrogen-bond acceptors (Lipinski definition) is 4.